The van der Waals surface area contributed by atoms with Crippen LogP contribution in [0.1, 0.15) is 12.8 Å². The Morgan fingerprint density at radius 2 is 2.44 bits per heavy atom. The first kappa shape index (κ1) is 12.5. The average molecular weight is 251 g/mol. The van der Waals surface area contributed by atoms with Crippen LogP contribution in [0.3, 0.4) is 0 Å². The third-order valence-electron chi connectivity index (χ3n) is 2.91. The van der Waals surface area contributed by atoms with Gasteiger partial charge in [0.2, 0.25) is 0 Å². The molecule has 1 aliphatic rings. The molecule has 0 spiro atoms. The molecule has 0 aromatic carbocycles. The highest BCUT2D eigenvalue weighted by Crippen LogP contribution is 2.23. The minimum Gasteiger partial charge on any atom is -0.486 e. The predicted octanol–water partition coefficient (Wildman–Crippen LogP) is 1.27. The molecule has 2 N–H and O–H groups in total. The molecule has 1 amide bonds. The van der Waals surface area contributed by atoms with Crippen LogP contribution in [0.15, 0.2) is 18.5 Å². The van der Waals surface area contributed by atoms with E-state index in [9.17, 15) is 4.79 Å². The zero-order valence-corrected chi connectivity index (χ0v) is 10.3. The second-order valence-corrected chi connectivity index (χ2v) is 4.21. The number of piperidine rings is 1. The van der Waals surface area contributed by atoms with Crippen molar-refractivity contribution in [2.24, 2.45) is 0 Å². The van der Waals surface area contributed by atoms with Crippen LogP contribution in [0, 0.1) is 0 Å². The molecule has 2 heterocycles. The van der Waals surface area contributed by atoms with Gasteiger partial charge in [0.15, 0.2) is 0 Å². The molecule has 1 fully saturated rings. The van der Waals surface area contributed by atoms with E-state index in [4.69, 9.17) is 15.2 Å². The normalized spacial score (nSPS) is 19.4. The number of ether oxygens (including phenoxy) is 2. The highest BCUT2D eigenvalue weighted by Gasteiger charge is 2.25. The number of nitrogen functional groups attached to an aromatic ring is 1. The summed E-state index contributed by atoms with van der Waals surface area (Å²) < 4.78 is 10.5. The summed E-state index contributed by atoms with van der Waals surface area (Å²) in [6.45, 7) is 1.23. The molecule has 1 saturated heterocycles. The molecule has 1 aromatic rings. The summed E-state index contributed by atoms with van der Waals surface area (Å²) in [5.74, 6) is 0.613. The third-order valence-corrected chi connectivity index (χ3v) is 2.91. The Bertz CT molecular complexity index is 425. The van der Waals surface area contributed by atoms with Crippen LogP contribution in [0.4, 0.5) is 10.5 Å². The van der Waals surface area contributed by atoms with Gasteiger partial charge in [-0.1, -0.05) is 0 Å². The summed E-state index contributed by atoms with van der Waals surface area (Å²) in [4.78, 5) is 17.0. The van der Waals surface area contributed by atoms with Crippen LogP contribution in [-0.4, -0.2) is 42.3 Å². The monoisotopic (exact) mass is 251 g/mol. The topological polar surface area (TPSA) is 77.7 Å². The van der Waals surface area contributed by atoms with E-state index < -0.39 is 0 Å². The summed E-state index contributed by atoms with van der Waals surface area (Å²) >= 11 is 0. The van der Waals surface area contributed by atoms with Crippen LogP contribution >= 0.6 is 0 Å². The smallest absolute Gasteiger partial charge is 0.409 e. The molecule has 2 rings (SSSR count). The first-order valence-corrected chi connectivity index (χ1v) is 5.89. The van der Waals surface area contributed by atoms with Crippen LogP contribution in [0.5, 0.6) is 5.75 Å². The molecule has 98 valence electrons. The number of carbonyl (C=O) groups is 1. The number of amides is 1. The van der Waals surface area contributed by atoms with Crippen LogP contribution in [0.2, 0.25) is 0 Å². The maximum Gasteiger partial charge on any atom is 0.409 e. The van der Waals surface area contributed by atoms with E-state index in [1.807, 2.05) is 0 Å². The molecule has 6 heteroatoms. The second kappa shape index (κ2) is 5.57. The fraction of sp³-hybridized carbons (Fsp3) is 0.500. The number of carbonyl (C=O) groups excluding carboxylic acids is 1. The number of likely N-dealkylation sites (tertiary alicyclic amines) is 1. The highest BCUT2D eigenvalue weighted by molar-refractivity contribution is 5.67. The maximum absolute atomic E-state index is 11.4. The van der Waals surface area contributed by atoms with E-state index in [-0.39, 0.29) is 12.2 Å². The second-order valence-electron chi connectivity index (χ2n) is 4.21. The van der Waals surface area contributed by atoms with Crippen molar-refractivity contribution in [3.8, 4) is 5.75 Å². The van der Waals surface area contributed by atoms with Crippen molar-refractivity contribution in [1.82, 2.24) is 9.88 Å². The van der Waals surface area contributed by atoms with Crippen molar-refractivity contribution in [1.29, 1.82) is 0 Å². The van der Waals surface area contributed by atoms with E-state index in [1.54, 1.807) is 23.4 Å². The Hall–Kier alpha value is -1.98. The number of nitrogens with two attached hydrogens (primary N) is 1. The number of nitrogens with zero attached hydrogens (tertiary/aromatic N) is 2. The minimum absolute atomic E-state index is 0.0532. The number of methoxy groups -OCH3 is 1. The zero-order valence-electron chi connectivity index (χ0n) is 10.3. The van der Waals surface area contributed by atoms with E-state index in [0.717, 1.165) is 12.8 Å². The summed E-state index contributed by atoms with van der Waals surface area (Å²) in [7, 11) is 1.38. The van der Waals surface area contributed by atoms with Gasteiger partial charge >= 0.3 is 6.09 Å². The van der Waals surface area contributed by atoms with Gasteiger partial charge < -0.3 is 20.1 Å². The van der Waals surface area contributed by atoms with Gasteiger partial charge in [0, 0.05) is 18.8 Å². The van der Waals surface area contributed by atoms with Crippen molar-refractivity contribution in [2.75, 3.05) is 25.9 Å². The van der Waals surface area contributed by atoms with Gasteiger partial charge in [-0.25, -0.2) is 4.79 Å². The predicted molar refractivity (Wildman–Crippen MR) is 66.3 cm³/mol. The molecule has 0 aliphatic carbocycles. The zero-order chi connectivity index (χ0) is 13.0. The van der Waals surface area contributed by atoms with Crippen molar-refractivity contribution in [3.63, 3.8) is 0 Å². The minimum atomic E-state index is -0.314. The Kier molecular flexibility index (Phi) is 3.86. The molecular weight excluding hydrogens is 234 g/mol. The first-order chi connectivity index (χ1) is 8.70. The Morgan fingerprint density at radius 1 is 1.61 bits per heavy atom. The average Bonchev–Trinajstić information content (AvgIpc) is 2.41. The fourth-order valence-electron chi connectivity index (χ4n) is 2.01. The number of hydrogen-bond acceptors (Lipinski definition) is 5. The molecule has 1 aliphatic heterocycles. The lowest BCUT2D eigenvalue weighted by Crippen LogP contribution is -2.44. The Labute approximate surface area is 106 Å². The van der Waals surface area contributed by atoms with Crippen LogP contribution in [0.25, 0.3) is 0 Å². The van der Waals surface area contributed by atoms with Gasteiger partial charge in [0.25, 0.3) is 0 Å². The summed E-state index contributed by atoms with van der Waals surface area (Å²) in [6.07, 6.45) is 4.61. The quantitative estimate of drug-likeness (QED) is 0.856. The Balaban J connectivity index is 1.98. The van der Waals surface area contributed by atoms with Gasteiger partial charge in [-0.05, 0) is 12.8 Å². The molecule has 0 bridgehead atoms. The highest BCUT2D eigenvalue weighted by atomic mass is 16.5. The molecule has 1 aromatic heterocycles. The van der Waals surface area contributed by atoms with Crippen LogP contribution in [-0.2, 0) is 4.74 Å². The lowest BCUT2D eigenvalue weighted by atomic mass is 10.1. The molecule has 0 saturated carbocycles. The van der Waals surface area contributed by atoms with E-state index in [2.05, 4.69) is 4.98 Å². The van der Waals surface area contributed by atoms with E-state index in [1.165, 1.54) is 7.11 Å². The van der Waals surface area contributed by atoms with Gasteiger partial charge in [-0.15, -0.1) is 0 Å². The summed E-state index contributed by atoms with van der Waals surface area (Å²) in [6, 6.07) is 1.73. The lowest BCUT2D eigenvalue weighted by Gasteiger charge is -2.32. The summed E-state index contributed by atoms with van der Waals surface area (Å²) in [5, 5.41) is 0. The first-order valence-electron chi connectivity index (χ1n) is 5.89. The number of hydrogen-bond donors (Lipinski definition) is 1. The SMILES string of the molecule is COC(=O)N1CCC[C@H](Oc2ccncc2N)C1. The lowest BCUT2D eigenvalue weighted by molar-refractivity contribution is 0.0697. The van der Waals surface area contributed by atoms with Crippen molar-refractivity contribution < 1.29 is 14.3 Å². The molecule has 18 heavy (non-hydrogen) atoms. The van der Waals surface area contributed by atoms with E-state index in [0.29, 0.717) is 24.5 Å². The molecule has 0 unspecified atom stereocenters. The molecule has 1 atom stereocenters. The number of rotatable bonds is 2. The van der Waals surface area contributed by atoms with Gasteiger partial charge in [-0.2, -0.15) is 0 Å². The summed E-state index contributed by atoms with van der Waals surface area (Å²) in [5.41, 5.74) is 6.27. The fourth-order valence-corrected chi connectivity index (χ4v) is 2.01. The van der Waals surface area contributed by atoms with E-state index >= 15 is 0 Å². The maximum atomic E-state index is 11.4. The van der Waals surface area contributed by atoms with Crippen molar-refractivity contribution in [3.05, 3.63) is 18.5 Å². The van der Waals surface area contributed by atoms with Gasteiger partial charge in [-0.3, -0.25) is 4.98 Å². The Morgan fingerprint density at radius 3 is 3.17 bits per heavy atom. The standard InChI is InChI=1S/C12H17N3O3/c1-17-12(16)15-6-2-3-9(8-15)18-11-4-5-14-7-10(11)13/h4-5,7,9H,2-3,6,8,13H2,1H3/t9-/m0/s1. The largest absolute Gasteiger partial charge is 0.486 e. The number of anilines is 1. The number of pyridine rings is 1. The van der Waals surface area contributed by atoms with Gasteiger partial charge in [0.1, 0.15) is 11.9 Å². The molecule has 0 radical (unpaired) electrons. The van der Waals surface area contributed by atoms with Gasteiger partial charge in [0.05, 0.1) is 25.5 Å². The molecular formula is C12H17N3O3. The van der Waals surface area contributed by atoms with Crippen LogP contribution < -0.4 is 10.5 Å². The third kappa shape index (κ3) is 2.82. The number of aromatic nitrogens is 1. The van der Waals surface area contributed by atoms with Crippen molar-refractivity contribution >= 4 is 11.8 Å². The molecule has 6 nitrogen and oxygen atoms in total. The van der Waals surface area contributed by atoms with Crippen molar-refractivity contribution in [2.45, 2.75) is 18.9 Å².